The Hall–Kier alpha value is -1.23. The lowest BCUT2D eigenvalue weighted by atomic mass is 10.1. The molecular weight excluding hydrogens is 264 g/mol. The van der Waals surface area contributed by atoms with Gasteiger partial charge in [-0.25, -0.2) is 8.42 Å². The molecule has 0 radical (unpaired) electrons. The van der Waals surface area contributed by atoms with Gasteiger partial charge >= 0.3 is 0 Å². The van der Waals surface area contributed by atoms with Crippen molar-refractivity contribution in [2.75, 3.05) is 19.5 Å². The molecule has 1 aliphatic carbocycles. The predicted octanol–water partition coefficient (Wildman–Crippen LogP) is 2.21. The Morgan fingerprint density at radius 3 is 2.58 bits per heavy atom. The van der Waals surface area contributed by atoms with E-state index in [0.29, 0.717) is 24.5 Å². The predicted molar refractivity (Wildman–Crippen MR) is 74.7 cm³/mol. The number of hydrogen-bond donors (Lipinski definition) is 0. The minimum atomic E-state index is -2.90. The molecule has 0 bridgehead atoms. The Balaban J connectivity index is 2.06. The number of sulfone groups is 1. The Kier molecular flexibility index (Phi) is 4.34. The van der Waals surface area contributed by atoms with Gasteiger partial charge in [-0.3, -0.25) is 0 Å². The summed E-state index contributed by atoms with van der Waals surface area (Å²) in [4.78, 5) is 0. The van der Waals surface area contributed by atoms with E-state index in [2.05, 4.69) is 0 Å². The molecular formula is C14H20O4S. The van der Waals surface area contributed by atoms with E-state index in [1.165, 1.54) is 0 Å². The monoisotopic (exact) mass is 284 g/mol. The van der Waals surface area contributed by atoms with Gasteiger partial charge in [0.1, 0.15) is 0 Å². The van der Waals surface area contributed by atoms with Gasteiger partial charge in [0.15, 0.2) is 21.3 Å². The molecule has 2 rings (SSSR count). The minimum absolute atomic E-state index is 0.0860. The number of hydrogen-bond acceptors (Lipinski definition) is 4. The lowest BCUT2D eigenvalue weighted by Gasteiger charge is -2.11. The highest BCUT2D eigenvalue weighted by Gasteiger charge is 2.34. The maximum absolute atomic E-state index is 11.8. The summed E-state index contributed by atoms with van der Waals surface area (Å²) in [5.41, 5.74) is 0.966. The fraction of sp³-hybridized carbons (Fsp3) is 0.571. The first-order chi connectivity index (χ1) is 9.06. The normalized spacial score (nSPS) is 15.3. The summed E-state index contributed by atoms with van der Waals surface area (Å²) in [6, 6.07) is 5.58. The second kappa shape index (κ2) is 5.82. The first kappa shape index (κ1) is 14.2. The van der Waals surface area contributed by atoms with Crippen LogP contribution in [0.1, 0.15) is 25.3 Å². The van der Waals surface area contributed by atoms with Crippen LogP contribution < -0.4 is 9.47 Å². The summed E-state index contributed by atoms with van der Waals surface area (Å²) in [7, 11) is -1.31. The van der Waals surface area contributed by atoms with Crippen LogP contribution in [0.15, 0.2) is 18.2 Å². The molecule has 19 heavy (non-hydrogen) atoms. The van der Waals surface area contributed by atoms with E-state index in [9.17, 15) is 8.42 Å². The van der Waals surface area contributed by atoms with Crippen molar-refractivity contribution in [1.82, 2.24) is 0 Å². The summed E-state index contributed by atoms with van der Waals surface area (Å²) < 4.78 is 34.4. The summed E-state index contributed by atoms with van der Waals surface area (Å²) >= 11 is 0. The van der Waals surface area contributed by atoms with E-state index in [-0.39, 0.29) is 11.0 Å². The highest BCUT2D eigenvalue weighted by molar-refractivity contribution is 7.92. The molecule has 1 aliphatic rings. The fourth-order valence-corrected chi connectivity index (χ4v) is 3.71. The number of benzene rings is 1. The molecule has 5 heteroatoms. The summed E-state index contributed by atoms with van der Waals surface area (Å²) in [5, 5.41) is -0.0860. The van der Waals surface area contributed by atoms with Crippen LogP contribution in [-0.2, 0) is 16.3 Å². The van der Waals surface area contributed by atoms with Gasteiger partial charge in [0.05, 0.1) is 24.7 Å². The molecule has 0 atom stereocenters. The molecule has 0 aliphatic heterocycles. The zero-order valence-corrected chi connectivity index (χ0v) is 12.2. The average molecular weight is 284 g/mol. The summed E-state index contributed by atoms with van der Waals surface area (Å²) in [5.74, 6) is 1.57. The van der Waals surface area contributed by atoms with E-state index >= 15 is 0 Å². The largest absolute Gasteiger partial charge is 0.493 e. The van der Waals surface area contributed by atoms with Crippen LogP contribution >= 0.6 is 0 Å². The Morgan fingerprint density at radius 1 is 1.26 bits per heavy atom. The van der Waals surface area contributed by atoms with Gasteiger partial charge in [0, 0.05) is 0 Å². The molecule has 1 aromatic rings. The number of aryl methyl sites for hydroxylation is 1. The standard InChI is InChI=1S/C14H20O4S/c1-3-18-14-10-11(4-7-13(14)17-2)8-9-19(15,16)12-5-6-12/h4,7,10,12H,3,5-6,8-9H2,1-2H3. The molecule has 4 nitrogen and oxygen atoms in total. The minimum Gasteiger partial charge on any atom is -0.493 e. The molecule has 0 aromatic heterocycles. The summed E-state index contributed by atoms with van der Waals surface area (Å²) in [6.45, 7) is 2.46. The molecule has 0 saturated heterocycles. The van der Waals surface area contributed by atoms with Crippen LogP contribution in [-0.4, -0.2) is 33.1 Å². The third-order valence-corrected chi connectivity index (χ3v) is 5.50. The number of methoxy groups -OCH3 is 1. The molecule has 106 valence electrons. The molecule has 0 amide bonds. The second-order valence-corrected chi connectivity index (χ2v) is 7.14. The van der Waals surface area contributed by atoms with E-state index in [1.54, 1.807) is 7.11 Å². The maximum atomic E-state index is 11.8. The Labute approximate surface area is 114 Å². The first-order valence-electron chi connectivity index (χ1n) is 6.58. The van der Waals surface area contributed by atoms with E-state index in [4.69, 9.17) is 9.47 Å². The molecule has 1 fully saturated rings. The van der Waals surface area contributed by atoms with E-state index < -0.39 is 9.84 Å². The van der Waals surface area contributed by atoms with Crippen molar-refractivity contribution >= 4 is 9.84 Å². The zero-order valence-electron chi connectivity index (χ0n) is 11.4. The van der Waals surface area contributed by atoms with Gasteiger partial charge in [-0.1, -0.05) is 6.07 Å². The van der Waals surface area contributed by atoms with Crippen molar-refractivity contribution in [3.63, 3.8) is 0 Å². The van der Waals surface area contributed by atoms with Crippen molar-refractivity contribution < 1.29 is 17.9 Å². The molecule has 0 unspecified atom stereocenters. The van der Waals surface area contributed by atoms with Crippen molar-refractivity contribution in [2.45, 2.75) is 31.4 Å². The third kappa shape index (κ3) is 3.62. The lowest BCUT2D eigenvalue weighted by molar-refractivity contribution is 0.310. The highest BCUT2D eigenvalue weighted by atomic mass is 32.2. The van der Waals surface area contributed by atoms with Crippen molar-refractivity contribution in [3.05, 3.63) is 23.8 Å². The smallest absolute Gasteiger partial charge is 0.161 e. The van der Waals surface area contributed by atoms with Gasteiger partial charge in [-0.2, -0.15) is 0 Å². The first-order valence-corrected chi connectivity index (χ1v) is 8.29. The van der Waals surface area contributed by atoms with Crippen LogP contribution in [0.2, 0.25) is 0 Å². The third-order valence-electron chi connectivity index (χ3n) is 3.24. The van der Waals surface area contributed by atoms with Gasteiger partial charge in [-0.15, -0.1) is 0 Å². The quantitative estimate of drug-likeness (QED) is 0.770. The van der Waals surface area contributed by atoms with Gasteiger partial charge in [-0.05, 0) is 43.9 Å². The molecule has 0 N–H and O–H groups in total. The van der Waals surface area contributed by atoms with Crippen molar-refractivity contribution in [1.29, 1.82) is 0 Å². The number of ether oxygens (including phenoxy) is 2. The van der Waals surface area contributed by atoms with Crippen LogP contribution in [0, 0.1) is 0 Å². The van der Waals surface area contributed by atoms with Crippen LogP contribution in [0.4, 0.5) is 0 Å². The maximum Gasteiger partial charge on any atom is 0.161 e. The van der Waals surface area contributed by atoms with E-state index in [0.717, 1.165) is 18.4 Å². The molecule has 1 saturated carbocycles. The van der Waals surface area contributed by atoms with Crippen LogP contribution in [0.25, 0.3) is 0 Å². The van der Waals surface area contributed by atoms with Crippen molar-refractivity contribution in [2.24, 2.45) is 0 Å². The molecule has 1 aromatic carbocycles. The number of rotatable bonds is 7. The Morgan fingerprint density at radius 2 is 2.00 bits per heavy atom. The van der Waals surface area contributed by atoms with Gasteiger partial charge in [0.2, 0.25) is 0 Å². The van der Waals surface area contributed by atoms with Crippen LogP contribution in [0.3, 0.4) is 0 Å². The highest BCUT2D eigenvalue weighted by Crippen LogP contribution is 2.31. The lowest BCUT2D eigenvalue weighted by Crippen LogP contribution is -2.13. The van der Waals surface area contributed by atoms with Gasteiger partial charge in [0.25, 0.3) is 0 Å². The average Bonchev–Trinajstić information content (AvgIpc) is 3.22. The fourth-order valence-electron chi connectivity index (χ4n) is 2.00. The Bertz CT molecular complexity index is 532. The van der Waals surface area contributed by atoms with E-state index in [1.807, 2.05) is 25.1 Å². The van der Waals surface area contributed by atoms with Gasteiger partial charge < -0.3 is 9.47 Å². The topological polar surface area (TPSA) is 52.6 Å². The molecule has 0 heterocycles. The van der Waals surface area contributed by atoms with Crippen LogP contribution in [0.5, 0.6) is 11.5 Å². The zero-order chi connectivity index (χ0) is 13.9. The SMILES string of the molecule is CCOc1cc(CCS(=O)(=O)C2CC2)ccc1OC. The second-order valence-electron chi connectivity index (χ2n) is 4.73. The van der Waals surface area contributed by atoms with Crippen molar-refractivity contribution in [3.8, 4) is 11.5 Å². The molecule has 0 spiro atoms. The summed E-state index contributed by atoms with van der Waals surface area (Å²) in [6.07, 6.45) is 2.19.